The molecule has 1 atom stereocenters. The largest absolute Gasteiger partial charge is 0.354 e. The van der Waals surface area contributed by atoms with Crippen molar-refractivity contribution in [2.24, 2.45) is 0 Å². The highest BCUT2D eigenvalue weighted by molar-refractivity contribution is 6.30. The predicted molar refractivity (Wildman–Crippen MR) is 128 cm³/mol. The molecule has 1 unspecified atom stereocenters. The molecule has 2 heterocycles. The van der Waals surface area contributed by atoms with Crippen molar-refractivity contribution in [1.29, 1.82) is 0 Å². The van der Waals surface area contributed by atoms with E-state index >= 15 is 0 Å². The van der Waals surface area contributed by atoms with Crippen LogP contribution in [-0.2, 0) is 17.8 Å². The van der Waals surface area contributed by atoms with Crippen molar-refractivity contribution in [3.8, 4) is 0 Å². The normalized spacial score (nSPS) is 19.3. The maximum Gasteiger partial charge on any atom is 0.318 e. The number of amides is 3. The van der Waals surface area contributed by atoms with Crippen LogP contribution in [0.15, 0.2) is 36.8 Å². The van der Waals surface area contributed by atoms with Gasteiger partial charge in [-0.3, -0.25) is 4.79 Å². The summed E-state index contributed by atoms with van der Waals surface area (Å²) < 4.78 is 2.07. The number of hydrogen-bond donors (Lipinski definition) is 3. The molecular weight excluding hydrogens is 440 g/mol. The van der Waals surface area contributed by atoms with Crippen molar-refractivity contribution in [2.75, 3.05) is 26.2 Å². The summed E-state index contributed by atoms with van der Waals surface area (Å²) >= 11 is 5.97. The van der Waals surface area contributed by atoms with Gasteiger partial charge < -0.3 is 25.4 Å². The molecule has 2 fully saturated rings. The van der Waals surface area contributed by atoms with Crippen LogP contribution < -0.4 is 16.0 Å². The van der Waals surface area contributed by atoms with E-state index in [1.807, 2.05) is 30.5 Å². The van der Waals surface area contributed by atoms with Crippen LogP contribution in [0.1, 0.15) is 43.4 Å². The van der Waals surface area contributed by atoms with Crippen LogP contribution >= 0.6 is 11.6 Å². The predicted octanol–water partition coefficient (Wildman–Crippen LogP) is 2.56. The van der Waals surface area contributed by atoms with Gasteiger partial charge in [0.15, 0.2) is 0 Å². The van der Waals surface area contributed by atoms with Gasteiger partial charge in [-0.05, 0) is 30.5 Å². The Kier molecular flexibility index (Phi) is 8.23. The van der Waals surface area contributed by atoms with Crippen molar-refractivity contribution < 1.29 is 9.59 Å². The molecule has 0 radical (unpaired) electrons. The molecule has 1 aliphatic carbocycles. The first kappa shape index (κ1) is 23.6. The summed E-state index contributed by atoms with van der Waals surface area (Å²) in [7, 11) is 0. The minimum Gasteiger partial charge on any atom is -0.354 e. The summed E-state index contributed by atoms with van der Waals surface area (Å²) in [5.74, 6) is -0.121. The van der Waals surface area contributed by atoms with Crippen LogP contribution in [0.2, 0.25) is 5.02 Å². The topological polar surface area (TPSA) is 91.3 Å². The number of nitrogens with one attached hydrogen (secondary N) is 3. The zero-order valence-corrected chi connectivity index (χ0v) is 19.7. The van der Waals surface area contributed by atoms with Crippen LogP contribution in [-0.4, -0.2) is 64.7 Å². The van der Waals surface area contributed by atoms with Gasteiger partial charge in [-0.25, -0.2) is 9.78 Å². The molecule has 33 heavy (non-hydrogen) atoms. The Hall–Kier alpha value is -2.58. The fourth-order valence-corrected chi connectivity index (χ4v) is 4.73. The standard InChI is InChI=1S/C24H33ClN6O2/c25-19-8-6-18(7-9-19)16-30-17-27-14-21(30)10-11-28-23(32)22-15-26-12-13-31(22)24(33)29-20-4-2-1-3-5-20/h6-9,14,17,20,22,26H,1-5,10-13,15-16H2,(H,28,32)(H,29,33). The van der Waals surface area contributed by atoms with E-state index in [0.29, 0.717) is 44.2 Å². The molecule has 8 nitrogen and oxygen atoms in total. The molecule has 1 aromatic carbocycles. The molecule has 3 N–H and O–H groups in total. The SMILES string of the molecule is O=C(NCCc1cncn1Cc1ccc(Cl)cc1)C1CNCCN1C(=O)NC1CCCCC1. The zero-order chi connectivity index (χ0) is 23.0. The average Bonchev–Trinajstić information content (AvgIpc) is 3.28. The van der Waals surface area contributed by atoms with E-state index in [0.717, 1.165) is 36.9 Å². The monoisotopic (exact) mass is 472 g/mol. The second-order valence-electron chi connectivity index (χ2n) is 8.88. The van der Waals surface area contributed by atoms with Crippen LogP contribution in [0.3, 0.4) is 0 Å². The number of aromatic nitrogens is 2. The third kappa shape index (κ3) is 6.48. The number of piperazine rings is 1. The van der Waals surface area contributed by atoms with Crippen molar-refractivity contribution in [3.63, 3.8) is 0 Å². The average molecular weight is 473 g/mol. The molecule has 3 amide bonds. The third-order valence-corrected chi connectivity index (χ3v) is 6.74. The number of urea groups is 1. The number of hydrogen-bond acceptors (Lipinski definition) is 4. The van der Waals surface area contributed by atoms with Crippen LogP contribution in [0.5, 0.6) is 0 Å². The van der Waals surface area contributed by atoms with Gasteiger partial charge in [0.2, 0.25) is 5.91 Å². The van der Waals surface area contributed by atoms with Crippen LogP contribution in [0, 0.1) is 0 Å². The summed E-state index contributed by atoms with van der Waals surface area (Å²) in [6.07, 6.45) is 9.90. The maximum atomic E-state index is 12.9. The van der Waals surface area contributed by atoms with E-state index in [1.54, 1.807) is 11.2 Å². The lowest BCUT2D eigenvalue weighted by Gasteiger charge is -2.36. The number of rotatable bonds is 7. The minimum atomic E-state index is -0.499. The fraction of sp³-hybridized carbons (Fsp3) is 0.542. The molecule has 2 aliphatic rings. The number of halogens is 1. The maximum absolute atomic E-state index is 12.9. The highest BCUT2D eigenvalue weighted by atomic mass is 35.5. The van der Waals surface area contributed by atoms with Gasteiger partial charge in [0.1, 0.15) is 6.04 Å². The van der Waals surface area contributed by atoms with E-state index in [9.17, 15) is 9.59 Å². The van der Waals surface area contributed by atoms with E-state index in [2.05, 4.69) is 25.5 Å². The zero-order valence-electron chi connectivity index (χ0n) is 18.9. The Morgan fingerprint density at radius 3 is 2.73 bits per heavy atom. The Morgan fingerprint density at radius 2 is 1.94 bits per heavy atom. The number of carbonyl (C=O) groups excluding carboxylic acids is 2. The van der Waals surface area contributed by atoms with Gasteiger partial charge in [0.05, 0.1) is 6.33 Å². The number of carbonyl (C=O) groups is 2. The van der Waals surface area contributed by atoms with Crippen LogP contribution in [0.25, 0.3) is 0 Å². The molecule has 9 heteroatoms. The molecule has 1 aliphatic heterocycles. The Morgan fingerprint density at radius 1 is 1.15 bits per heavy atom. The molecule has 2 aromatic rings. The first-order valence-electron chi connectivity index (χ1n) is 11.9. The first-order valence-corrected chi connectivity index (χ1v) is 12.3. The molecule has 0 spiro atoms. The molecule has 1 saturated carbocycles. The van der Waals surface area contributed by atoms with Crippen molar-refractivity contribution in [1.82, 2.24) is 30.4 Å². The van der Waals surface area contributed by atoms with Gasteiger partial charge in [0.25, 0.3) is 0 Å². The van der Waals surface area contributed by atoms with Crippen molar-refractivity contribution in [2.45, 2.75) is 57.2 Å². The minimum absolute atomic E-state index is 0.121. The molecule has 1 aromatic heterocycles. The van der Waals surface area contributed by atoms with Crippen molar-refractivity contribution >= 4 is 23.5 Å². The summed E-state index contributed by atoms with van der Waals surface area (Å²) in [4.78, 5) is 31.8. The number of nitrogens with zero attached hydrogens (tertiary/aromatic N) is 3. The van der Waals surface area contributed by atoms with Gasteiger partial charge in [-0.1, -0.05) is 43.0 Å². The second kappa shape index (κ2) is 11.5. The summed E-state index contributed by atoms with van der Waals surface area (Å²) in [5.41, 5.74) is 2.18. The Balaban J connectivity index is 1.28. The lowest BCUT2D eigenvalue weighted by molar-refractivity contribution is -0.125. The molecule has 178 valence electrons. The first-order chi connectivity index (χ1) is 16.1. The number of benzene rings is 1. The lowest BCUT2D eigenvalue weighted by atomic mass is 9.96. The third-order valence-electron chi connectivity index (χ3n) is 6.48. The quantitative estimate of drug-likeness (QED) is 0.577. The van der Waals surface area contributed by atoms with Gasteiger partial charge in [-0.15, -0.1) is 0 Å². The lowest BCUT2D eigenvalue weighted by Crippen LogP contribution is -2.62. The van der Waals surface area contributed by atoms with E-state index < -0.39 is 6.04 Å². The van der Waals surface area contributed by atoms with Gasteiger partial charge in [-0.2, -0.15) is 0 Å². The summed E-state index contributed by atoms with van der Waals surface area (Å²) in [5, 5.41) is 10.1. The molecule has 4 rings (SSSR count). The molecular formula is C24H33ClN6O2. The van der Waals surface area contributed by atoms with Gasteiger partial charge in [0, 0.05) is 62.1 Å². The van der Waals surface area contributed by atoms with E-state index in [1.165, 1.54) is 6.42 Å². The van der Waals surface area contributed by atoms with Gasteiger partial charge >= 0.3 is 6.03 Å². The Bertz CT molecular complexity index is 925. The summed E-state index contributed by atoms with van der Waals surface area (Å²) in [6.45, 7) is 2.89. The second-order valence-corrected chi connectivity index (χ2v) is 9.31. The van der Waals surface area contributed by atoms with Crippen LogP contribution in [0.4, 0.5) is 4.79 Å². The summed E-state index contributed by atoms with van der Waals surface area (Å²) in [6, 6.07) is 7.36. The Labute approximate surface area is 200 Å². The highest BCUT2D eigenvalue weighted by Crippen LogP contribution is 2.18. The number of imidazole rings is 1. The highest BCUT2D eigenvalue weighted by Gasteiger charge is 2.33. The van der Waals surface area contributed by atoms with E-state index in [-0.39, 0.29) is 18.0 Å². The smallest absolute Gasteiger partial charge is 0.318 e. The molecule has 0 bridgehead atoms. The molecule has 1 saturated heterocycles. The van der Waals surface area contributed by atoms with Crippen molar-refractivity contribution in [3.05, 3.63) is 53.1 Å². The van der Waals surface area contributed by atoms with E-state index in [4.69, 9.17) is 11.6 Å². The fourth-order valence-electron chi connectivity index (χ4n) is 4.60.